The van der Waals surface area contributed by atoms with Crippen LogP contribution < -0.4 is 16.6 Å². The summed E-state index contributed by atoms with van der Waals surface area (Å²) >= 11 is 0. The summed E-state index contributed by atoms with van der Waals surface area (Å²) in [7, 11) is 0. The zero-order chi connectivity index (χ0) is 14.7. The molecule has 0 atom stereocenters. The van der Waals surface area contributed by atoms with Crippen LogP contribution in [0.5, 0.6) is 0 Å². The van der Waals surface area contributed by atoms with E-state index in [1.54, 1.807) is 24.3 Å². The predicted molar refractivity (Wildman–Crippen MR) is 86.2 cm³/mol. The molecule has 4 nitrogen and oxygen atoms in total. The number of nitrogen functional groups attached to an aromatic ring is 1. The number of hydrogen-bond donors (Lipinski definition) is 3. The predicted octanol–water partition coefficient (Wildman–Crippen LogP) is 3.38. The van der Waals surface area contributed by atoms with Gasteiger partial charge in [-0.3, -0.25) is 10.6 Å². The van der Waals surface area contributed by atoms with E-state index >= 15 is 0 Å². The molecule has 21 heavy (non-hydrogen) atoms. The van der Waals surface area contributed by atoms with E-state index in [1.165, 1.54) is 0 Å². The van der Waals surface area contributed by atoms with Crippen LogP contribution in [0, 0.1) is 0 Å². The molecular formula is C17H15N3O. The highest BCUT2D eigenvalue weighted by Crippen LogP contribution is 2.19. The number of carbonyl (C=O) groups excluding carboxylic acids is 1. The maximum atomic E-state index is 12.2. The molecule has 0 saturated heterocycles. The second-order valence-electron chi connectivity index (χ2n) is 4.74. The van der Waals surface area contributed by atoms with Gasteiger partial charge in [0.15, 0.2) is 0 Å². The number of rotatable bonds is 3. The van der Waals surface area contributed by atoms with Gasteiger partial charge >= 0.3 is 0 Å². The molecule has 0 aliphatic rings. The average molecular weight is 277 g/mol. The lowest BCUT2D eigenvalue weighted by Gasteiger charge is -2.07. The molecule has 0 radical (unpaired) electrons. The molecule has 3 aromatic rings. The number of hydrogen-bond acceptors (Lipinski definition) is 3. The van der Waals surface area contributed by atoms with Crippen molar-refractivity contribution in [1.82, 2.24) is 0 Å². The van der Waals surface area contributed by atoms with Gasteiger partial charge in [0.25, 0.3) is 5.91 Å². The lowest BCUT2D eigenvalue weighted by atomic mass is 10.1. The molecule has 3 rings (SSSR count). The standard InChI is InChI=1S/C17H15N3O/c18-20-15-8-6-13(7-9-15)17(21)19-16-10-5-12-3-1-2-4-14(12)11-16/h1-11,20H,18H2,(H,19,21). The minimum atomic E-state index is -0.145. The summed E-state index contributed by atoms with van der Waals surface area (Å²) in [4.78, 5) is 12.2. The SMILES string of the molecule is NNc1ccc(C(=O)Nc2ccc3ccccc3c2)cc1. The molecule has 0 spiro atoms. The maximum Gasteiger partial charge on any atom is 0.255 e. The number of amides is 1. The second kappa shape index (κ2) is 5.64. The van der Waals surface area contributed by atoms with Gasteiger partial charge in [0.1, 0.15) is 0 Å². The Labute approximate surface area is 122 Å². The van der Waals surface area contributed by atoms with Gasteiger partial charge in [-0.15, -0.1) is 0 Å². The van der Waals surface area contributed by atoms with Gasteiger partial charge < -0.3 is 10.7 Å². The fourth-order valence-electron chi connectivity index (χ4n) is 2.19. The zero-order valence-electron chi connectivity index (χ0n) is 11.3. The summed E-state index contributed by atoms with van der Waals surface area (Å²) in [6, 6.07) is 20.9. The van der Waals surface area contributed by atoms with Crippen molar-refractivity contribution >= 4 is 28.1 Å². The third-order valence-electron chi connectivity index (χ3n) is 3.32. The van der Waals surface area contributed by atoms with Crippen LogP contribution in [-0.2, 0) is 0 Å². The lowest BCUT2D eigenvalue weighted by molar-refractivity contribution is 0.102. The Balaban J connectivity index is 1.81. The highest BCUT2D eigenvalue weighted by Gasteiger charge is 2.06. The van der Waals surface area contributed by atoms with Crippen molar-refractivity contribution in [3.05, 3.63) is 72.3 Å². The van der Waals surface area contributed by atoms with Crippen LogP contribution in [0.2, 0.25) is 0 Å². The summed E-state index contributed by atoms with van der Waals surface area (Å²) in [5.74, 6) is 5.16. The van der Waals surface area contributed by atoms with Gasteiger partial charge in [0.2, 0.25) is 0 Å². The second-order valence-corrected chi connectivity index (χ2v) is 4.74. The third kappa shape index (κ3) is 2.85. The van der Waals surface area contributed by atoms with Gasteiger partial charge in [-0.25, -0.2) is 0 Å². The van der Waals surface area contributed by atoms with Crippen molar-refractivity contribution in [2.45, 2.75) is 0 Å². The number of hydrazine groups is 1. The lowest BCUT2D eigenvalue weighted by Crippen LogP contribution is -2.12. The van der Waals surface area contributed by atoms with E-state index < -0.39 is 0 Å². The van der Waals surface area contributed by atoms with E-state index in [0.717, 1.165) is 22.1 Å². The Morgan fingerprint density at radius 1 is 0.810 bits per heavy atom. The topological polar surface area (TPSA) is 67.1 Å². The molecule has 0 heterocycles. The Kier molecular flexibility index (Phi) is 3.53. The van der Waals surface area contributed by atoms with E-state index in [4.69, 9.17) is 5.84 Å². The van der Waals surface area contributed by atoms with Crippen molar-refractivity contribution in [1.29, 1.82) is 0 Å². The van der Waals surface area contributed by atoms with Crippen LogP contribution in [0.1, 0.15) is 10.4 Å². The Bertz CT molecular complexity index is 781. The minimum Gasteiger partial charge on any atom is -0.324 e. The molecule has 104 valence electrons. The van der Waals surface area contributed by atoms with Crippen LogP contribution in [0.4, 0.5) is 11.4 Å². The van der Waals surface area contributed by atoms with Crippen molar-refractivity contribution < 1.29 is 4.79 Å². The third-order valence-corrected chi connectivity index (χ3v) is 3.32. The van der Waals surface area contributed by atoms with Crippen LogP contribution >= 0.6 is 0 Å². The fraction of sp³-hybridized carbons (Fsp3) is 0. The number of benzene rings is 3. The summed E-state index contributed by atoms with van der Waals surface area (Å²) < 4.78 is 0. The number of fused-ring (bicyclic) bond motifs is 1. The van der Waals surface area contributed by atoms with Crippen molar-refractivity contribution in [3.63, 3.8) is 0 Å². The first-order valence-electron chi connectivity index (χ1n) is 6.63. The Morgan fingerprint density at radius 3 is 2.19 bits per heavy atom. The van der Waals surface area contributed by atoms with Gasteiger partial charge in [-0.1, -0.05) is 30.3 Å². The Hall–Kier alpha value is -2.85. The molecule has 0 aromatic heterocycles. The molecular weight excluding hydrogens is 262 g/mol. The Morgan fingerprint density at radius 2 is 1.48 bits per heavy atom. The van der Waals surface area contributed by atoms with Crippen LogP contribution in [0.15, 0.2) is 66.7 Å². The summed E-state index contributed by atoms with van der Waals surface area (Å²) in [6.45, 7) is 0. The number of nitrogens with one attached hydrogen (secondary N) is 2. The molecule has 4 N–H and O–H groups in total. The van der Waals surface area contributed by atoms with Gasteiger partial charge in [-0.2, -0.15) is 0 Å². The van der Waals surface area contributed by atoms with Crippen molar-refractivity contribution in [3.8, 4) is 0 Å². The molecule has 0 saturated carbocycles. The van der Waals surface area contributed by atoms with Crippen LogP contribution in [-0.4, -0.2) is 5.91 Å². The average Bonchev–Trinajstić information content (AvgIpc) is 2.55. The highest BCUT2D eigenvalue weighted by atomic mass is 16.1. The molecule has 3 aromatic carbocycles. The molecule has 0 unspecified atom stereocenters. The van der Waals surface area contributed by atoms with Gasteiger partial charge in [0, 0.05) is 16.9 Å². The number of carbonyl (C=O) groups is 1. The molecule has 0 fully saturated rings. The maximum absolute atomic E-state index is 12.2. The summed E-state index contributed by atoms with van der Waals surface area (Å²) in [5, 5.41) is 5.14. The van der Waals surface area contributed by atoms with E-state index in [9.17, 15) is 4.79 Å². The minimum absolute atomic E-state index is 0.145. The van der Waals surface area contributed by atoms with Crippen molar-refractivity contribution in [2.75, 3.05) is 10.7 Å². The fourth-order valence-corrected chi connectivity index (χ4v) is 2.19. The molecule has 4 heteroatoms. The first-order chi connectivity index (χ1) is 10.3. The first-order valence-corrected chi connectivity index (χ1v) is 6.63. The summed E-state index contributed by atoms with van der Waals surface area (Å²) in [6.07, 6.45) is 0. The largest absolute Gasteiger partial charge is 0.324 e. The monoisotopic (exact) mass is 277 g/mol. The molecule has 0 aliphatic carbocycles. The van der Waals surface area contributed by atoms with E-state index in [2.05, 4.69) is 10.7 Å². The number of anilines is 2. The van der Waals surface area contributed by atoms with Crippen molar-refractivity contribution in [2.24, 2.45) is 5.84 Å². The van der Waals surface area contributed by atoms with E-state index in [1.807, 2.05) is 42.5 Å². The summed E-state index contributed by atoms with van der Waals surface area (Å²) in [5.41, 5.74) is 4.66. The first kappa shape index (κ1) is 13.1. The van der Waals surface area contributed by atoms with Crippen LogP contribution in [0.3, 0.4) is 0 Å². The zero-order valence-corrected chi connectivity index (χ0v) is 11.3. The highest BCUT2D eigenvalue weighted by molar-refractivity contribution is 6.05. The normalized spacial score (nSPS) is 10.3. The van der Waals surface area contributed by atoms with Gasteiger partial charge in [0.05, 0.1) is 0 Å². The molecule has 0 aliphatic heterocycles. The quantitative estimate of drug-likeness (QED) is 0.508. The molecule has 0 bridgehead atoms. The molecule has 1 amide bonds. The van der Waals surface area contributed by atoms with Crippen LogP contribution in [0.25, 0.3) is 10.8 Å². The number of nitrogens with two attached hydrogens (primary N) is 1. The smallest absolute Gasteiger partial charge is 0.255 e. The van der Waals surface area contributed by atoms with E-state index in [-0.39, 0.29) is 5.91 Å². The van der Waals surface area contributed by atoms with Gasteiger partial charge in [-0.05, 0) is 47.2 Å². The van der Waals surface area contributed by atoms with E-state index in [0.29, 0.717) is 5.56 Å².